The zero-order valence-corrected chi connectivity index (χ0v) is 7.98. The highest BCUT2D eigenvalue weighted by Crippen LogP contribution is 2.21. The summed E-state index contributed by atoms with van der Waals surface area (Å²) in [6, 6.07) is 1.79. The highest BCUT2D eigenvalue weighted by atomic mass is 16.5. The summed E-state index contributed by atoms with van der Waals surface area (Å²) in [6.07, 6.45) is 1.57. The second-order valence-electron chi connectivity index (χ2n) is 3.04. The molecule has 2 heterocycles. The third kappa shape index (κ3) is 1.44. The van der Waals surface area contributed by atoms with Crippen molar-refractivity contribution in [3.63, 3.8) is 0 Å². The fraction of sp³-hybridized carbons (Fsp3) is 0.222. The molecule has 2 aromatic rings. The molecule has 0 fully saturated rings. The van der Waals surface area contributed by atoms with E-state index in [2.05, 4.69) is 15.1 Å². The van der Waals surface area contributed by atoms with E-state index in [1.54, 1.807) is 19.2 Å². The van der Waals surface area contributed by atoms with Gasteiger partial charge in [-0.15, -0.1) is 0 Å². The van der Waals surface area contributed by atoms with Crippen LogP contribution in [0.1, 0.15) is 11.6 Å². The zero-order chi connectivity index (χ0) is 10.1. The quantitative estimate of drug-likeness (QED) is 0.733. The van der Waals surface area contributed by atoms with Crippen LogP contribution in [0.15, 0.2) is 16.8 Å². The molecule has 0 saturated heterocycles. The normalized spacial score (nSPS) is 10.4. The first kappa shape index (κ1) is 8.68. The summed E-state index contributed by atoms with van der Waals surface area (Å²) in [5.74, 6) is 1.39. The van der Waals surface area contributed by atoms with Crippen molar-refractivity contribution < 1.29 is 4.52 Å². The molecule has 5 nitrogen and oxygen atoms in total. The Bertz CT molecular complexity index is 464. The Hall–Kier alpha value is -1.91. The lowest BCUT2D eigenvalue weighted by Crippen LogP contribution is -1.97. The minimum atomic E-state index is 0.504. The molecule has 0 aliphatic heterocycles. The van der Waals surface area contributed by atoms with Gasteiger partial charge in [0.1, 0.15) is 23.0 Å². The van der Waals surface area contributed by atoms with Crippen LogP contribution in [-0.4, -0.2) is 15.1 Å². The third-order valence-corrected chi connectivity index (χ3v) is 1.81. The number of aromatic nitrogens is 3. The average Bonchev–Trinajstić information content (AvgIpc) is 2.56. The lowest BCUT2D eigenvalue weighted by atomic mass is 10.2. The summed E-state index contributed by atoms with van der Waals surface area (Å²) in [4.78, 5) is 8.17. The molecule has 0 aliphatic carbocycles. The molecule has 0 saturated carbocycles. The molecule has 0 aliphatic rings. The Morgan fingerprint density at radius 3 is 2.79 bits per heavy atom. The average molecular weight is 190 g/mol. The van der Waals surface area contributed by atoms with Crippen LogP contribution in [0.4, 0.5) is 5.69 Å². The van der Waals surface area contributed by atoms with Crippen LogP contribution < -0.4 is 5.73 Å². The van der Waals surface area contributed by atoms with Gasteiger partial charge in [-0.1, -0.05) is 5.16 Å². The number of nitrogens with zero attached hydrogens (tertiary/aromatic N) is 3. The van der Waals surface area contributed by atoms with Gasteiger partial charge >= 0.3 is 0 Å². The van der Waals surface area contributed by atoms with E-state index in [0.717, 1.165) is 5.76 Å². The molecule has 5 heteroatoms. The van der Waals surface area contributed by atoms with Gasteiger partial charge in [-0.05, 0) is 13.8 Å². The predicted octanol–water partition coefficient (Wildman–Crippen LogP) is 1.33. The van der Waals surface area contributed by atoms with Crippen molar-refractivity contribution in [2.75, 3.05) is 5.73 Å². The van der Waals surface area contributed by atoms with Crippen LogP contribution in [0.3, 0.4) is 0 Å². The fourth-order valence-electron chi connectivity index (χ4n) is 1.16. The van der Waals surface area contributed by atoms with Crippen LogP contribution in [0.5, 0.6) is 0 Å². The number of aryl methyl sites for hydroxylation is 2. The molecule has 0 radical (unpaired) electrons. The SMILES string of the molecule is Cc1ncc(N)c(-c2cc(C)on2)n1. The summed E-state index contributed by atoms with van der Waals surface area (Å²) >= 11 is 0. The van der Waals surface area contributed by atoms with Crippen LogP contribution in [0.2, 0.25) is 0 Å². The van der Waals surface area contributed by atoms with Gasteiger partial charge in [0.25, 0.3) is 0 Å². The standard InChI is InChI=1S/C9H10N4O/c1-5-3-8(13-14-5)9-7(10)4-11-6(2)12-9/h3-4H,10H2,1-2H3. The number of hydrogen-bond donors (Lipinski definition) is 1. The van der Waals surface area contributed by atoms with Gasteiger partial charge in [0.15, 0.2) is 0 Å². The number of nitrogens with two attached hydrogens (primary N) is 1. The monoisotopic (exact) mass is 190 g/mol. The number of anilines is 1. The van der Waals surface area contributed by atoms with E-state index in [9.17, 15) is 0 Å². The minimum absolute atomic E-state index is 0.504. The van der Waals surface area contributed by atoms with E-state index >= 15 is 0 Å². The van der Waals surface area contributed by atoms with Gasteiger partial charge in [0.2, 0.25) is 0 Å². The first-order chi connectivity index (χ1) is 6.66. The Labute approximate surface area is 81.0 Å². The Morgan fingerprint density at radius 2 is 2.14 bits per heavy atom. The molecule has 14 heavy (non-hydrogen) atoms. The van der Waals surface area contributed by atoms with E-state index in [4.69, 9.17) is 10.3 Å². The van der Waals surface area contributed by atoms with Crippen LogP contribution in [-0.2, 0) is 0 Å². The van der Waals surface area contributed by atoms with Gasteiger partial charge in [-0.3, -0.25) is 0 Å². The second kappa shape index (κ2) is 3.10. The van der Waals surface area contributed by atoms with Gasteiger partial charge in [0, 0.05) is 6.07 Å². The molecular formula is C9H10N4O. The third-order valence-electron chi connectivity index (χ3n) is 1.81. The maximum absolute atomic E-state index is 5.72. The molecular weight excluding hydrogens is 180 g/mol. The summed E-state index contributed by atoms with van der Waals surface area (Å²) in [6.45, 7) is 3.62. The van der Waals surface area contributed by atoms with Crippen molar-refractivity contribution in [2.24, 2.45) is 0 Å². The highest BCUT2D eigenvalue weighted by molar-refractivity contribution is 5.68. The maximum atomic E-state index is 5.72. The predicted molar refractivity (Wildman–Crippen MR) is 51.4 cm³/mol. The van der Waals surface area contributed by atoms with Gasteiger partial charge < -0.3 is 10.3 Å². The fourth-order valence-corrected chi connectivity index (χ4v) is 1.16. The first-order valence-electron chi connectivity index (χ1n) is 4.19. The van der Waals surface area contributed by atoms with Gasteiger partial charge in [-0.25, -0.2) is 9.97 Å². The molecule has 0 spiro atoms. The van der Waals surface area contributed by atoms with E-state index in [1.165, 1.54) is 0 Å². The van der Waals surface area contributed by atoms with Crippen molar-refractivity contribution in [2.45, 2.75) is 13.8 Å². The molecule has 2 rings (SSSR count). The second-order valence-corrected chi connectivity index (χ2v) is 3.04. The molecule has 0 atom stereocenters. The topological polar surface area (TPSA) is 77.8 Å². The summed E-state index contributed by atoms with van der Waals surface area (Å²) in [5, 5.41) is 3.84. The van der Waals surface area contributed by atoms with Crippen molar-refractivity contribution in [3.05, 3.63) is 23.8 Å². The Balaban J connectivity index is 2.55. The van der Waals surface area contributed by atoms with Crippen LogP contribution in [0, 0.1) is 13.8 Å². The largest absolute Gasteiger partial charge is 0.396 e. The van der Waals surface area contributed by atoms with Crippen molar-refractivity contribution in [1.29, 1.82) is 0 Å². The van der Waals surface area contributed by atoms with Crippen LogP contribution >= 0.6 is 0 Å². The number of hydrogen-bond acceptors (Lipinski definition) is 5. The minimum Gasteiger partial charge on any atom is -0.396 e. The van der Waals surface area contributed by atoms with Gasteiger partial charge in [0.05, 0.1) is 11.9 Å². The smallest absolute Gasteiger partial charge is 0.134 e. The molecule has 72 valence electrons. The molecule has 0 amide bonds. The summed E-state index contributed by atoms with van der Waals surface area (Å²) < 4.78 is 4.95. The lowest BCUT2D eigenvalue weighted by molar-refractivity contribution is 0.399. The first-order valence-corrected chi connectivity index (χ1v) is 4.19. The molecule has 0 aromatic carbocycles. The molecule has 2 aromatic heterocycles. The van der Waals surface area contributed by atoms with Gasteiger partial charge in [-0.2, -0.15) is 0 Å². The maximum Gasteiger partial charge on any atom is 0.134 e. The van der Waals surface area contributed by atoms with Crippen molar-refractivity contribution >= 4 is 5.69 Å². The molecule has 0 bridgehead atoms. The Kier molecular flexibility index (Phi) is 1.92. The zero-order valence-electron chi connectivity index (χ0n) is 7.98. The number of nitrogen functional groups attached to an aromatic ring is 1. The summed E-state index contributed by atoms with van der Waals surface area (Å²) in [5.41, 5.74) is 7.49. The lowest BCUT2D eigenvalue weighted by Gasteiger charge is -2.00. The summed E-state index contributed by atoms with van der Waals surface area (Å²) in [7, 11) is 0. The Morgan fingerprint density at radius 1 is 1.36 bits per heavy atom. The van der Waals surface area contributed by atoms with Crippen LogP contribution in [0.25, 0.3) is 11.4 Å². The molecule has 0 unspecified atom stereocenters. The molecule has 2 N–H and O–H groups in total. The highest BCUT2D eigenvalue weighted by Gasteiger charge is 2.09. The van der Waals surface area contributed by atoms with E-state index in [-0.39, 0.29) is 0 Å². The number of rotatable bonds is 1. The van der Waals surface area contributed by atoms with E-state index in [1.807, 2.05) is 6.92 Å². The van der Waals surface area contributed by atoms with E-state index in [0.29, 0.717) is 22.9 Å². The van der Waals surface area contributed by atoms with E-state index < -0.39 is 0 Å². The van der Waals surface area contributed by atoms with Crippen molar-refractivity contribution in [3.8, 4) is 11.4 Å². The van der Waals surface area contributed by atoms with Crippen molar-refractivity contribution in [1.82, 2.24) is 15.1 Å².